The van der Waals surface area contributed by atoms with Crippen LogP contribution in [0.3, 0.4) is 0 Å². The van der Waals surface area contributed by atoms with Crippen molar-refractivity contribution in [3.05, 3.63) is 88.8 Å². The van der Waals surface area contributed by atoms with E-state index >= 15 is 0 Å². The average molecular weight is 356 g/mol. The van der Waals surface area contributed by atoms with E-state index in [1.165, 1.54) is 24.3 Å². The third kappa shape index (κ3) is 4.55. The molecule has 0 bridgehead atoms. The molecule has 0 aliphatic heterocycles. The predicted octanol–water partition coefficient (Wildman–Crippen LogP) is 4.74. The van der Waals surface area contributed by atoms with Crippen LogP contribution in [0.5, 0.6) is 0 Å². The first kappa shape index (κ1) is 16.9. The zero-order valence-corrected chi connectivity index (χ0v) is 13.9. The summed E-state index contributed by atoms with van der Waals surface area (Å²) in [7, 11) is 0. The van der Waals surface area contributed by atoms with E-state index in [1.807, 2.05) is 24.3 Å². The maximum atomic E-state index is 12.9. The van der Waals surface area contributed by atoms with E-state index in [9.17, 15) is 9.18 Å². The molecule has 4 nitrogen and oxygen atoms in total. The summed E-state index contributed by atoms with van der Waals surface area (Å²) in [6.45, 7) is 0.550. The molecule has 0 unspecified atom stereocenters. The molecular formula is C19H15ClFN3O. The van der Waals surface area contributed by atoms with Gasteiger partial charge in [-0.15, -0.1) is 0 Å². The van der Waals surface area contributed by atoms with Gasteiger partial charge in [0, 0.05) is 17.1 Å². The van der Waals surface area contributed by atoms with Crippen LogP contribution in [0.15, 0.2) is 66.9 Å². The van der Waals surface area contributed by atoms with Crippen LogP contribution in [0, 0.1) is 5.82 Å². The van der Waals surface area contributed by atoms with Crippen molar-refractivity contribution in [1.29, 1.82) is 0 Å². The minimum atomic E-state index is -0.382. The fraction of sp³-hybridized carbons (Fsp3) is 0.0526. The summed E-state index contributed by atoms with van der Waals surface area (Å²) in [6.07, 6.45) is 1.55. The van der Waals surface area contributed by atoms with E-state index in [4.69, 9.17) is 11.6 Å². The molecule has 0 fully saturated rings. The minimum Gasteiger partial charge on any atom is -0.366 e. The Morgan fingerprint density at radius 1 is 1.04 bits per heavy atom. The quantitative estimate of drug-likeness (QED) is 0.695. The summed E-state index contributed by atoms with van der Waals surface area (Å²) in [4.78, 5) is 16.3. The van der Waals surface area contributed by atoms with Crippen molar-refractivity contribution in [3.8, 4) is 0 Å². The van der Waals surface area contributed by atoms with Crippen LogP contribution in [-0.2, 0) is 6.54 Å². The SMILES string of the molecule is O=C(Nc1ccc(NCc2ccccc2Cl)nc1)c1ccc(F)cc1. The van der Waals surface area contributed by atoms with Crippen LogP contribution in [0.1, 0.15) is 15.9 Å². The highest BCUT2D eigenvalue weighted by atomic mass is 35.5. The van der Waals surface area contributed by atoms with Gasteiger partial charge in [0.25, 0.3) is 5.91 Å². The second-order valence-corrected chi connectivity index (χ2v) is 5.75. The third-order valence-electron chi connectivity index (χ3n) is 3.55. The molecule has 0 saturated carbocycles. The lowest BCUT2D eigenvalue weighted by Gasteiger charge is -2.09. The number of anilines is 2. The summed E-state index contributed by atoms with van der Waals surface area (Å²) in [5, 5.41) is 6.58. The smallest absolute Gasteiger partial charge is 0.255 e. The minimum absolute atomic E-state index is 0.321. The van der Waals surface area contributed by atoms with Crippen molar-refractivity contribution in [1.82, 2.24) is 4.98 Å². The first-order valence-corrected chi connectivity index (χ1v) is 8.00. The molecule has 0 atom stereocenters. The molecule has 3 aromatic rings. The number of halogens is 2. The van der Waals surface area contributed by atoms with Gasteiger partial charge in [-0.1, -0.05) is 29.8 Å². The molecule has 1 heterocycles. The van der Waals surface area contributed by atoms with Crippen molar-refractivity contribution in [2.45, 2.75) is 6.54 Å². The highest BCUT2D eigenvalue weighted by Gasteiger charge is 2.06. The molecule has 1 amide bonds. The van der Waals surface area contributed by atoms with Crippen LogP contribution < -0.4 is 10.6 Å². The molecule has 2 aromatic carbocycles. The molecule has 2 N–H and O–H groups in total. The van der Waals surface area contributed by atoms with E-state index in [1.54, 1.807) is 18.3 Å². The highest BCUT2D eigenvalue weighted by molar-refractivity contribution is 6.31. The van der Waals surface area contributed by atoms with Gasteiger partial charge in [0.1, 0.15) is 11.6 Å². The Morgan fingerprint density at radius 3 is 2.48 bits per heavy atom. The van der Waals surface area contributed by atoms with Crippen LogP contribution in [-0.4, -0.2) is 10.9 Å². The second kappa shape index (κ2) is 7.77. The Kier molecular flexibility index (Phi) is 5.26. The number of carbonyl (C=O) groups excluding carboxylic acids is 1. The number of nitrogens with one attached hydrogen (secondary N) is 2. The van der Waals surface area contributed by atoms with Gasteiger partial charge in [0.15, 0.2) is 0 Å². The molecule has 1 aromatic heterocycles. The maximum Gasteiger partial charge on any atom is 0.255 e. The van der Waals surface area contributed by atoms with Gasteiger partial charge in [0.2, 0.25) is 0 Å². The molecule has 0 saturated heterocycles. The number of rotatable bonds is 5. The molecule has 3 rings (SSSR count). The molecule has 0 aliphatic rings. The van der Waals surface area contributed by atoms with Gasteiger partial charge in [0.05, 0.1) is 11.9 Å². The summed E-state index contributed by atoms with van der Waals surface area (Å²) in [5.74, 6) is -0.0366. The van der Waals surface area contributed by atoms with E-state index < -0.39 is 0 Å². The number of hydrogen-bond acceptors (Lipinski definition) is 3. The Hall–Kier alpha value is -2.92. The monoisotopic (exact) mass is 355 g/mol. The normalized spacial score (nSPS) is 10.3. The van der Waals surface area contributed by atoms with Crippen molar-refractivity contribution < 1.29 is 9.18 Å². The lowest BCUT2D eigenvalue weighted by molar-refractivity contribution is 0.102. The summed E-state index contributed by atoms with van der Waals surface area (Å²) in [6, 6.07) is 16.4. The topological polar surface area (TPSA) is 54.0 Å². The first-order valence-electron chi connectivity index (χ1n) is 7.62. The Balaban J connectivity index is 1.59. The van der Waals surface area contributed by atoms with E-state index in [0.717, 1.165) is 5.56 Å². The van der Waals surface area contributed by atoms with Crippen molar-refractivity contribution >= 4 is 29.0 Å². The number of nitrogens with zero attached hydrogens (tertiary/aromatic N) is 1. The number of aromatic nitrogens is 1. The van der Waals surface area contributed by atoms with Crippen molar-refractivity contribution in [2.24, 2.45) is 0 Å². The third-order valence-corrected chi connectivity index (χ3v) is 3.91. The molecule has 0 radical (unpaired) electrons. The number of benzene rings is 2. The van der Waals surface area contributed by atoms with Crippen LogP contribution in [0.4, 0.5) is 15.9 Å². The standard InChI is InChI=1S/C19H15ClFN3O/c20-17-4-2-1-3-14(17)11-22-18-10-9-16(12-23-18)24-19(25)13-5-7-15(21)8-6-13/h1-10,12H,11H2,(H,22,23)(H,24,25). The number of carbonyl (C=O) groups is 1. The van der Waals surface area contributed by atoms with Crippen LogP contribution in [0.25, 0.3) is 0 Å². The molecule has 6 heteroatoms. The van der Waals surface area contributed by atoms with E-state index in [0.29, 0.717) is 28.6 Å². The zero-order chi connectivity index (χ0) is 17.6. The largest absolute Gasteiger partial charge is 0.366 e. The van der Waals surface area contributed by atoms with Gasteiger partial charge in [-0.05, 0) is 48.0 Å². The fourth-order valence-corrected chi connectivity index (χ4v) is 2.41. The fourth-order valence-electron chi connectivity index (χ4n) is 2.20. The summed E-state index contributed by atoms with van der Waals surface area (Å²) < 4.78 is 12.9. The Labute approximate surface area is 149 Å². The average Bonchev–Trinajstić information content (AvgIpc) is 2.63. The van der Waals surface area contributed by atoms with Gasteiger partial charge < -0.3 is 10.6 Å². The molecule has 25 heavy (non-hydrogen) atoms. The maximum absolute atomic E-state index is 12.9. The number of amides is 1. The molecule has 0 aliphatic carbocycles. The molecular weight excluding hydrogens is 341 g/mol. The van der Waals surface area contributed by atoms with Gasteiger partial charge in [-0.3, -0.25) is 4.79 Å². The zero-order valence-electron chi connectivity index (χ0n) is 13.2. The van der Waals surface area contributed by atoms with Crippen LogP contribution in [0.2, 0.25) is 5.02 Å². The molecule has 0 spiro atoms. The van der Waals surface area contributed by atoms with Gasteiger partial charge in [-0.25, -0.2) is 9.37 Å². The van der Waals surface area contributed by atoms with E-state index in [2.05, 4.69) is 15.6 Å². The Bertz CT molecular complexity index is 867. The van der Waals surface area contributed by atoms with Crippen LogP contribution >= 0.6 is 11.6 Å². The van der Waals surface area contributed by atoms with Crippen molar-refractivity contribution in [2.75, 3.05) is 10.6 Å². The lowest BCUT2D eigenvalue weighted by atomic mass is 10.2. The lowest BCUT2D eigenvalue weighted by Crippen LogP contribution is -2.12. The number of hydrogen-bond donors (Lipinski definition) is 2. The van der Waals surface area contributed by atoms with Crippen molar-refractivity contribution in [3.63, 3.8) is 0 Å². The molecule has 126 valence electrons. The van der Waals surface area contributed by atoms with Gasteiger partial charge >= 0.3 is 0 Å². The summed E-state index contributed by atoms with van der Waals surface area (Å²) >= 11 is 6.11. The van der Waals surface area contributed by atoms with Gasteiger partial charge in [-0.2, -0.15) is 0 Å². The highest BCUT2D eigenvalue weighted by Crippen LogP contribution is 2.17. The second-order valence-electron chi connectivity index (χ2n) is 5.34. The predicted molar refractivity (Wildman–Crippen MR) is 97.4 cm³/mol. The summed E-state index contributed by atoms with van der Waals surface area (Å²) in [5.41, 5.74) is 1.90. The Morgan fingerprint density at radius 2 is 1.80 bits per heavy atom. The number of pyridine rings is 1. The van der Waals surface area contributed by atoms with E-state index in [-0.39, 0.29) is 11.7 Å². The first-order chi connectivity index (χ1) is 12.1.